The van der Waals surface area contributed by atoms with Crippen molar-refractivity contribution in [3.63, 3.8) is 0 Å². The number of aromatic nitrogens is 6. The molecule has 0 aromatic carbocycles. The summed E-state index contributed by atoms with van der Waals surface area (Å²) < 4.78 is 10.0. The molecule has 0 amide bonds. The molecule has 0 atom stereocenters. The molecule has 1 aliphatic heterocycles. The molecule has 9 heteroatoms. The summed E-state index contributed by atoms with van der Waals surface area (Å²) in [5.41, 5.74) is 2.03. The predicted octanol–water partition coefficient (Wildman–Crippen LogP) is 3.73. The summed E-state index contributed by atoms with van der Waals surface area (Å²) in [5, 5.41) is 15.4. The number of ether oxygens (including phenoxy) is 1. The minimum Gasteiger partial charge on any atom is -0.370 e. The fraction of sp³-hybridized carbons (Fsp3) is 0.529. The van der Waals surface area contributed by atoms with Gasteiger partial charge in [0.2, 0.25) is 0 Å². The Morgan fingerprint density at radius 2 is 2.23 bits per heavy atom. The van der Waals surface area contributed by atoms with E-state index in [1.54, 1.807) is 29.4 Å². The molecule has 1 aliphatic rings. The number of rotatable bonds is 4. The lowest BCUT2D eigenvalue weighted by Gasteiger charge is -2.30. The van der Waals surface area contributed by atoms with Gasteiger partial charge in [-0.1, -0.05) is 25.1 Å². The second kappa shape index (κ2) is 5.90. The molecule has 0 saturated heterocycles. The Hall–Kier alpha value is -1.71. The van der Waals surface area contributed by atoms with Crippen molar-refractivity contribution < 1.29 is 4.74 Å². The molecule has 0 fully saturated rings. The first-order chi connectivity index (χ1) is 12.6. The molecule has 26 heavy (non-hydrogen) atoms. The number of nitrogens with zero attached hydrogens (tertiary/aromatic N) is 6. The van der Waals surface area contributed by atoms with Crippen LogP contribution < -0.4 is 0 Å². The quantitative estimate of drug-likeness (QED) is 0.392. The van der Waals surface area contributed by atoms with Gasteiger partial charge in [0, 0.05) is 17.1 Å². The van der Waals surface area contributed by atoms with Crippen molar-refractivity contribution in [3.05, 3.63) is 16.8 Å². The van der Waals surface area contributed by atoms with E-state index in [9.17, 15) is 0 Å². The van der Waals surface area contributed by atoms with Gasteiger partial charge in [-0.2, -0.15) is 9.61 Å². The van der Waals surface area contributed by atoms with Crippen LogP contribution in [0, 0.1) is 0 Å². The Morgan fingerprint density at radius 3 is 3.08 bits per heavy atom. The van der Waals surface area contributed by atoms with Crippen molar-refractivity contribution in [1.82, 2.24) is 29.2 Å². The Labute approximate surface area is 158 Å². The molecule has 4 aromatic heterocycles. The number of hydrogen-bond donors (Lipinski definition) is 0. The molecule has 4 aromatic rings. The van der Waals surface area contributed by atoms with Gasteiger partial charge in [0.1, 0.15) is 11.2 Å². The number of unbranched alkanes of at least 4 members (excludes halogenated alkanes) is 1. The average Bonchev–Trinajstić information content (AvgIpc) is 3.29. The largest absolute Gasteiger partial charge is 0.370 e. The molecule has 7 nitrogen and oxygen atoms in total. The maximum atomic E-state index is 6.04. The second-order valence-corrected chi connectivity index (χ2v) is 9.37. The van der Waals surface area contributed by atoms with Crippen molar-refractivity contribution in [2.75, 3.05) is 5.75 Å². The zero-order chi connectivity index (χ0) is 17.9. The van der Waals surface area contributed by atoms with E-state index >= 15 is 0 Å². The average molecular weight is 389 g/mol. The topological polar surface area (TPSA) is 69.6 Å². The van der Waals surface area contributed by atoms with Crippen molar-refractivity contribution in [2.45, 2.75) is 57.4 Å². The molecule has 5 heterocycles. The normalized spacial score (nSPS) is 16.7. The maximum Gasteiger partial charge on any atom is 0.260 e. The number of fused-ring (bicyclic) bond motifs is 8. The third-order valence-electron chi connectivity index (χ3n) is 4.78. The smallest absolute Gasteiger partial charge is 0.260 e. The van der Waals surface area contributed by atoms with Gasteiger partial charge in [-0.25, -0.2) is 9.38 Å². The van der Waals surface area contributed by atoms with Crippen LogP contribution in [0.3, 0.4) is 0 Å². The van der Waals surface area contributed by atoms with Crippen LogP contribution in [-0.4, -0.2) is 40.6 Å². The second-order valence-electron chi connectivity index (χ2n) is 7.22. The first kappa shape index (κ1) is 16.5. The van der Waals surface area contributed by atoms with Gasteiger partial charge < -0.3 is 4.74 Å². The summed E-state index contributed by atoms with van der Waals surface area (Å²) >= 11 is 3.53. The highest BCUT2D eigenvalue weighted by Gasteiger charge is 2.32. The van der Waals surface area contributed by atoms with Crippen LogP contribution in [0.2, 0.25) is 0 Å². The Kier molecular flexibility index (Phi) is 3.74. The monoisotopic (exact) mass is 388 g/mol. The van der Waals surface area contributed by atoms with Crippen molar-refractivity contribution in [2.24, 2.45) is 0 Å². The molecule has 0 aliphatic carbocycles. The first-order valence-corrected chi connectivity index (χ1v) is 10.7. The molecule has 0 radical (unpaired) electrons. The standard InChI is InChI=1S/C17H20N6OS2/c1-4-5-6-25-16-21-20-15-22(16)14-12(13-18-9-19-23(13)15)10-7-17(2,3)24-8-11(10)26-14/h9H,4-8H2,1-3H3. The van der Waals surface area contributed by atoms with Crippen molar-refractivity contribution in [3.8, 4) is 0 Å². The summed E-state index contributed by atoms with van der Waals surface area (Å²) in [4.78, 5) is 6.96. The molecule has 0 unspecified atom stereocenters. The molecule has 0 spiro atoms. The molecular formula is C17H20N6OS2. The predicted molar refractivity (Wildman–Crippen MR) is 103 cm³/mol. The molecule has 0 saturated carbocycles. The third-order valence-corrected chi connectivity index (χ3v) is 6.98. The van der Waals surface area contributed by atoms with Gasteiger partial charge in [0.25, 0.3) is 5.78 Å². The van der Waals surface area contributed by atoms with Crippen LogP contribution >= 0.6 is 23.1 Å². The highest BCUT2D eigenvalue weighted by molar-refractivity contribution is 7.99. The Morgan fingerprint density at radius 1 is 1.35 bits per heavy atom. The van der Waals surface area contributed by atoms with Crippen LogP contribution in [0.5, 0.6) is 0 Å². The first-order valence-electron chi connectivity index (χ1n) is 8.87. The van der Waals surface area contributed by atoms with Crippen LogP contribution in [0.1, 0.15) is 44.1 Å². The zero-order valence-electron chi connectivity index (χ0n) is 15.0. The molecule has 5 rings (SSSR count). The highest BCUT2D eigenvalue weighted by Crippen LogP contribution is 2.41. The van der Waals surface area contributed by atoms with Crippen LogP contribution in [0.4, 0.5) is 0 Å². The number of thioether (sulfide) groups is 1. The van der Waals surface area contributed by atoms with Crippen LogP contribution in [0.25, 0.3) is 21.6 Å². The Balaban J connectivity index is 1.82. The lowest BCUT2D eigenvalue weighted by Crippen LogP contribution is -2.31. The van der Waals surface area contributed by atoms with E-state index < -0.39 is 0 Å². The minimum atomic E-state index is -0.168. The van der Waals surface area contributed by atoms with E-state index in [0.29, 0.717) is 6.61 Å². The van der Waals surface area contributed by atoms with Gasteiger partial charge in [0.15, 0.2) is 10.8 Å². The van der Waals surface area contributed by atoms with Gasteiger partial charge in [-0.15, -0.1) is 21.5 Å². The van der Waals surface area contributed by atoms with Gasteiger partial charge in [-0.3, -0.25) is 0 Å². The summed E-state index contributed by atoms with van der Waals surface area (Å²) in [6.07, 6.45) is 4.81. The summed E-state index contributed by atoms with van der Waals surface area (Å²) in [5.74, 6) is 1.76. The minimum absolute atomic E-state index is 0.168. The van der Waals surface area contributed by atoms with Gasteiger partial charge in [0.05, 0.1) is 17.6 Å². The fourth-order valence-electron chi connectivity index (χ4n) is 3.46. The van der Waals surface area contributed by atoms with Gasteiger partial charge >= 0.3 is 0 Å². The van der Waals surface area contributed by atoms with Crippen molar-refractivity contribution in [1.29, 1.82) is 0 Å². The molecular weight excluding hydrogens is 368 g/mol. The lowest BCUT2D eigenvalue weighted by atomic mass is 9.94. The summed E-state index contributed by atoms with van der Waals surface area (Å²) in [6, 6.07) is 0. The van der Waals surface area contributed by atoms with E-state index in [1.165, 1.54) is 22.2 Å². The fourth-order valence-corrected chi connectivity index (χ4v) is 5.76. The highest BCUT2D eigenvalue weighted by atomic mass is 32.2. The molecule has 0 N–H and O–H groups in total. The van der Waals surface area contributed by atoms with E-state index in [2.05, 4.69) is 45.5 Å². The maximum absolute atomic E-state index is 6.04. The SMILES string of the molecule is CCCCSc1nnc2n3ncnc3c3c4c(sc3n12)COC(C)(C)C4. The molecule has 0 bridgehead atoms. The van der Waals surface area contributed by atoms with E-state index in [-0.39, 0.29) is 5.60 Å². The third kappa shape index (κ3) is 2.37. The lowest BCUT2D eigenvalue weighted by molar-refractivity contribution is -0.0379. The zero-order valence-corrected chi connectivity index (χ0v) is 16.7. The summed E-state index contributed by atoms with van der Waals surface area (Å²) in [6.45, 7) is 7.13. The van der Waals surface area contributed by atoms with Crippen LogP contribution in [-0.2, 0) is 17.8 Å². The van der Waals surface area contributed by atoms with Gasteiger partial charge in [-0.05, 0) is 25.8 Å². The van der Waals surface area contributed by atoms with Crippen LogP contribution in [0.15, 0.2) is 11.5 Å². The number of hydrogen-bond acceptors (Lipinski definition) is 7. The molecule has 136 valence electrons. The van der Waals surface area contributed by atoms with E-state index in [1.807, 2.05) is 4.52 Å². The van der Waals surface area contributed by atoms with E-state index in [0.717, 1.165) is 40.0 Å². The number of thiophene rings is 1. The van der Waals surface area contributed by atoms with E-state index in [4.69, 9.17) is 4.74 Å². The van der Waals surface area contributed by atoms with Crippen molar-refractivity contribution >= 4 is 44.7 Å². The Bertz CT molecular complexity index is 1130. The summed E-state index contributed by atoms with van der Waals surface area (Å²) in [7, 11) is 0.